The first kappa shape index (κ1) is 11.9. The highest BCUT2D eigenvalue weighted by molar-refractivity contribution is 9.10. The van der Waals surface area contributed by atoms with Gasteiger partial charge in [-0.05, 0) is 39.5 Å². The van der Waals surface area contributed by atoms with E-state index in [9.17, 15) is 5.11 Å². The van der Waals surface area contributed by atoms with E-state index in [1.807, 2.05) is 17.5 Å². The highest BCUT2D eigenvalue weighted by Crippen LogP contribution is 2.37. The van der Waals surface area contributed by atoms with Crippen LogP contribution in [0, 0.1) is 0 Å². The Hall–Kier alpha value is -0.550. The molecule has 0 saturated carbocycles. The van der Waals surface area contributed by atoms with Crippen LogP contribution < -0.4 is 5.73 Å². The molecule has 0 aliphatic heterocycles. The molecule has 1 atom stereocenters. The first-order valence-electron chi connectivity index (χ1n) is 4.56. The van der Waals surface area contributed by atoms with Crippen LogP contribution in [0.2, 0.25) is 5.02 Å². The molecular formula is C11H9BrClNOS. The Morgan fingerprint density at radius 3 is 2.81 bits per heavy atom. The van der Waals surface area contributed by atoms with Crippen LogP contribution in [-0.4, -0.2) is 5.11 Å². The number of thiophene rings is 1. The largest absolute Gasteiger partial charge is 0.506 e. The Morgan fingerprint density at radius 1 is 1.44 bits per heavy atom. The van der Waals surface area contributed by atoms with Crippen molar-refractivity contribution in [3.05, 3.63) is 49.6 Å². The van der Waals surface area contributed by atoms with Gasteiger partial charge in [0.05, 0.1) is 10.5 Å². The van der Waals surface area contributed by atoms with Gasteiger partial charge in [0.1, 0.15) is 5.75 Å². The molecule has 2 rings (SSSR count). The second-order valence-corrected chi connectivity index (χ2v) is 5.59. The smallest absolute Gasteiger partial charge is 0.135 e. The van der Waals surface area contributed by atoms with E-state index in [4.69, 9.17) is 17.3 Å². The fourth-order valence-corrected chi connectivity index (χ4v) is 3.02. The van der Waals surface area contributed by atoms with Crippen molar-refractivity contribution in [2.45, 2.75) is 6.04 Å². The molecule has 0 aliphatic carbocycles. The summed E-state index contributed by atoms with van der Waals surface area (Å²) < 4.78 is 0.557. The molecule has 0 spiro atoms. The highest BCUT2D eigenvalue weighted by atomic mass is 79.9. The second kappa shape index (κ2) is 4.75. The molecule has 5 heteroatoms. The van der Waals surface area contributed by atoms with Gasteiger partial charge in [0.15, 0.2) is 0 Å². The van der Waals surface area contributed by atoms with E-state index in [1.165, 1.54) is 0 Å². The summed E-state index contributed by atoms with van der Waals surface area (Å²) in [5, 5.41) is 12.4. The lowest BCUT2D eigenvalue weighted by molar-refractivity contribution is 0.462. The molecule has 0 unspecified atom stereocenters. The van der Waals surface area contributed by atoms with E-state index < -0.39 is 0 Å². The Balaban J connectivity index is 2.48. The number of hydrogen-bond acceptors (Lipinski definition) is 3. The molecule has 1 aromatic carbocycles. The van der Waals surface area contributed by atoms with Gasteiger partial charge in [-0.15, -0.1) is 11.3 Å². The molecule has 0 radical (unpaired) electrons. The van der Waals surface area contributed by atoms with Crippen molar-refractivity contribution >= 4 is 38.9 Å². The first-order chi connectivity index (χ1) is 7.59. The molecule has 0 amide bonds. The van der Waals surface area contributed by atoms with Crippen LogP contribution in [0.15, 0.2) is 34.1 Å². The lowest BCUT2D eigenvalue weighted by Crippen LogP contribution is -2.10. The maximum absolute atomic E-state index is 9.91. The zero-order valence-corrected chi connectivity index (χ0v) is 11.3. The van der Waals surface area contributed by atoms with Gasteiger partial charge in [0.25, 0.3) is 0 Å². The lowest BCUT2D eigenvalue weighted by Gasteiger charge is -2.13. The summed E-state index contributed by atoms with van der Waals surface area (Å²) in [6.07, 6.45) is 0. The maximum atomic E-state index is 9.91. The fraction of sp³-hybridized carbons (Fsp3) is 0.0909. The number of hydrogen-bond donors (Lipinski definition) is 2. The normalized spacial score (nSPS) is 12.7. The molecule has 3 N–H and O–H groups in total. The second-order valence-electron chi connectivity index (χ2n) is 3.32. The van der Waals surface area contributed by atoms with Gasteiger partial charge in [-0.1, -0.05) is 17.7 Å². The van der Waals surface area contributed by atoms with Crippen LogP contribution in [0.4, 0.5) is 0 Å². The van der Waals surface area contributed by atoms with E-state index in [0.29, 0.717) is 15.1 Å². The van der Waals surface area contributed by atoms with Crippen LogP contribution in [-0.2, 0) is 0 Å². The van der Waals surface area contributed by atoms with E-state index in [-0.39, 0.29) is 11.8 Å². The summed E-state index contributed by atoms with van der Waals surface area (Å²) in [6.45, 7) is 0. The third kappa shape index (κ3) is 2.25. The topological polar surface area (TPSA) is 46.2 Å². The third-order valence-corrected chi connectivity index (χ3v) is 4.02. The molecule has 2 aromatic rings. The number of nitrogens with two attached hydrogens (primary N) is 1. The summed E-state index contributed by atoms with van der Waals surface area (Å²) >= 11 is 10.7. The summed E-state index contributed by atoms with van der Waals surface area (Å²) in [5.74, 6) is 0.144. The Bertz CT molecular complexity index is 501. The monoisotopic (exact) mass is 317 g/mol. The molecule has 0 saturated heterocycles. The van der Waals surface area contributed by atoms with Crippen molar-refractivity contribution in [3.63, 3.8) is 0 Å². The van der Waals surface area contributed by atoms with Crippen molar-refractivity contribution in [2.75, 3.05) is 0 Å². The van der Waals surface area contributed by atoms with Crippen molar-refractivity contribution < 1.29 is 5.11 Å². The van der Waals surface area contributed by atoms with Crippen LogP contribution in [0.1, 0.15) is 16.5 Å². The standard InChI is InChI=1S/C11H9BrClNOS/c12-8-5-6(13)4-7(11(8)15)10(14)9-2-1-3-16-9/h1-5,10,15H,14H2/t10-/m1/s1. The molecule has 16 heavy (non-hydrogen) atoms. The van der Waals surface area contributed by atoms with Crippen molar-refractivity contribution in [2.24, 2.45) is 5.73 Å². The average molecular weight is 319 g/mol. The minimum Gasteiger partial charge on any atom is -0.506 e. The molecule has 1 aromatic heterocycles. The molecule has 0 fully saturated rings. The van der Waals surface area contributed by atoms with E-state index in [0.717, 1.165) is 4.88 Å². The third-order valence-electron chi connectivity index (χ3n) is 2.24. The zero-order chi connectivity index (χ0) is 11.7. The molecule has 0 bridgehead atoms. The number of halogens is 2. The van der Waals surface area contributed by atoms with Gasteiger partial charge in [0.2, 0.25) is 0 Å². The van der Waals surface area contributed by atoms with Gasteiger partial charge >= 0.3 is 0 Å². The van der Waals surface area contributed by atoms with Gasteiger partial charge in [-0.3, -0.25) is 0 Å². The quantitative estimate of drug-likeness (QED) is 0.881. The van der Waals surface area contributed by atoms with Gasteiger partial charge in [-0.2, -0.15) is 0 Å². The summed E-state index contributed by atoms with van der Waals surface area (Å²) in [4.78, 5) is 0.990. The Labute approximate surface area is 111 Å². The predicted octanol–water partition coefficient (Wildman–Crippen LogP) is 3.92. The molecule has 0 aliphatic rings. The number of phenolic OH excluding ortho intramolecular Hbond substituents is 1. The van der Waals surface area contributed by atoms with Gasteiger partial charge in [-0.25, -0.2) is 0 Å². The van der Waals surface area contributed by atoms with E-state index >= 15 is 0 Å². The zero-order valence-electron chi connectivity index (χ0n) is 8.15. The SMILES string of the molecule is N[C@@H](c1cccs1)c1cc(Cl)cc(Br)c1O. The van der Waals surface area contributed by atoms with Crippen LogP contribution in [0.5, 0.6) is 5.75 Å². The average Bonchev–Trinajstić information content (AvgIpc) is 2.75. The van der Waals surface area contributed by atoms with Crippen LogP contribution in [0.25, 0.3) is 0 Å². The van der Waals surface area contributed by atoms with Crippen molar-refractivity contribution in [1.82, 2.24) is 0 Å². The summed E-state index contributed by atoms with van der Waals surface area (Å²) in [6, 6.07) is 6.84. The lowest BCUT2D eigenvalue weighted by atomic mass is 10.1. The number of aromatic hydroxyl groups is 1. The van der Waals surface area contributed by atoms with Crippen LogP contribution in [0.3, 0.4) is 0 Å². The minimum absolute atomic E-state index is 0.144. The predicted molar refractivity (Wildman–Crippen MR) is 71.2 cm³/mol. The van der Waals surface area contributed by atoms with Gasteiger partial charge in [0, 0.05) is 15.5 Å². The maximum Gasteiger partial charge on any atom is 0.135 e. The minimum atomic E-state index is -0.352. The molecule has 84 valence electrons. The highest BCUT2D eigenvalue weighted by Gasteiger charge is 2.16. The summed E-state index contributed by atoms with van der Waals surface area (Å²) in [7, 11) is 0. The Kier molecular flexibility index (Phi) is 3.54. The van der Waals surface area contributed by atoms with Crippen molar-refractivity contribution in [1.29, 1.82) is 0 Å². The molecular weight excluding hydrogens is 310 g/mol. The number of benzene rings is 1. The van der Waals surface area contributed by atoms with E-state index in [1.54, 1.807) is 23.5 Å². The van der Waals surface area contributed by atoms with Crippen LogP contribution >= 0.6 is 38.9 Å². The fourth-order valence-electron chi connectivity index (χ4n) is 1.44. The summed E-state index contributed by atoms with van der Waals surface area (Å²) in [5.41, 5.74) is 6.70. The van der Waals surface area contributed by atoms with Crippen molar-refractivity contribution in [3.8, 4) is 5.75 Å². The number of phenols is 1. The number of rotatable bonds is 2. The van der Waals surface area contributed by atoms with Gasteiger partial charge < -0.3 is 10.8 Å². The Morgan fingerprint density at radius 2 is 2.19 bits per heavy atom. The first-order valence-corrected chi connectivity index (χ1v) is 6.61. The molecule has 2 nitrogen and oxygen atoms in total. The van der Waals surface area contributed by atoms with E-state index in [2.05, 4.69) is 15.9 Å². The molecule has 1 heterocycles.